The number of benzene rings is 1. The Morgan fingerprint density at radius 1 is 1.41 bits per heavy atom. The number of aliphatic carboxylic acids is 1. The number of likely N-dealkylation sites (tertiary alicyclic amines) is 1. The van der Waals surface area contributed by atoms with Crippen LogP contribution in [0, 0.1) is 5.92 Å². The number of carboxylic acid groups (broad SMARTS) is 1. The lowest BCUT2D eigenvalue weighted by Crippen LogP contribution is -2.37. The van der Waals surface area contributed by atoms with Crippen LogP contribution < -0.4 is 0 Å². The maximum Gasteiger partial charge on any atom is 0.307 e. The van der Waals surface area contributed by atoms with Gasteiger partial charge >= 0.3 is 5.97 Å². The van der Waals surface area contributed by atoms with Crippen LogP contribution in [0.5, 0.6) is 0 Å². The molecule has 116 valence electrons. The standard InChI is InChI=1S/C16H17BrN2O2S/c17-13-5-3-11(4-6-13)15-18-8-14(22-15)10-19-7-1-2-12(9-19)16(20)21/h3-6,8,12H,1-2,7,9-10H2,(H,20,21). The third-order valence-electron chi connectivity index (χ3n) is 3.88. The van der Waals surface area contributed by atoms with Gasteiger partial charge in [0.15, 0.2) is 0 Å². The topological polar surface area (TPSA) is 53.4 Å². The first-order valence-corrected chi connectivity index (χ1v) is 8.88. The summed E-state index contributed by atoms with van der Waals surface area (Å²) in [4.78, 5) is 19.0. The molecule has 22 heavy (non-hydrogen) atoms. The molecule has 6 heteroatoms. The van der Waals surface area contributed by atoms with Gasteiger partial charge in [0.25, 0.3) is 0 Å². The van der Waals surface area contributed by atoms with Crippen LogP contribution in [-0.4, -0.2) is 34.0 Å². The molecule has 2 heterocycles. The molecular formula is C16H17BrN2O2S. The minimum atomic E-state index is -0.676. The van der Waals surface area contributed by atoms with E-state index in [1.807, 2.05) is 30.5 Å². The van der Waals surface area contributed by atoms with Gasteiger partial charge in [0.1, 0.15) is 5.01 Å². The van der Waals surface area contributed by atoms with Gasteiger partial charge in [-0.15, -0.1) is 11.3 Å². The highest BCUT2D eigenvalue weighted by atomic mass is 79.9. The Kier molecular flexibility index (Phi) is 4.90. The summed E-state index contributed by atoms with van der Waals surface area (Å²) in [6.07, 6.45) is 3.65. The first-order chi connectivity index (χ1) is 10.6. The van der Waals surface area contributed by atoms with Crippen LogP contribution in [-0.2, 0) is 11.3 Å². The summed E-state index contributed by atoms with van der Waals surface area (Å²) in [6.45, 7) is 2.40. The third kappa shape index (κ3) is 3.74. The number of thiazole rings is 1. The van der Waals surface area contributed by atoms with Gasteiger partial charge in [-0.2, -0.15) is 0 Å². The van der Waals surface area contributed by atoms with E-state index < -0.39 is 5.97 Å². The summed E-state index contributed by atoms with van der Waals surface area (Å²) in [6, 6.07) is 8.12. The first-order valence-electron chi connectivity index (χ1n) is 7.27. The molecule has 3 rings (SSSR count). The lowest BCUT2D eigenvalue weighted by atomic mass is 9.98. The fourth-order valence-corrected chi connectivity index (χ4v) is 3.95. The molecule has 1 fully saturated rings. The summed E-state index contributed by atoms with van der Waals surface area (Å²) in [5.74, 6) is -0.905. The summed E-state index contributed by atoms with van der Waals surface area (Å²) in [5, 5.41) is 10.2. The van der Waals surface area contributed by atoms with Gasteiger partial charge in [-0.25, -0.2) is 4.98 Å². The molecule has 2 aromatic rings. The van der Waals surface area contributed by atoms with E-state index in [0.717, 1.165) is 41.0 Å². The molecule has 0 saturated carbocycles. The lowest BCUT2D eigenvalue weighted by molar-refractivity contribution is -0.143. The van der Waals surface area contributed by atoms with Gasteiger partial charge in [0.05, 0.1) is 5.92 Å². The molecule has 0 aliphatic carbocycles. The van der Waals surface area contributed by atoms with Crippen LogP contribution >= 0.6 is 27.3 Å². The quantitative estimate of drug-likeness (QED) is 0.874. The Labute approximate surface area is 141 Å². The maximum atomic E-state index is 11.1. The zero-order chi connectivity index (χ0) is 15.5. The molecule has 1 atom stereocenters. The van der Waals surface area contributed by atoms with Crippen molar-refractivity contribution in [2.75, 3.05) is 13.1 Å². The van der Waals surface area contributed by atoms with E-state index in [-0.39, 0.29) is 5.92 Å². The first kappa shape index (κ1) is 15.6. The van der Waals surface area contributed by atoms with Crippen LogP contribution in [0.4, 0.5) is 0 Å². The average molecular weight is 381 g/mol. The normalized spacial score (nSPS) is 19.2. The van der Waals surface area contributed by atoms with Crippen LogP contribution in [0.25, 0.3) is 10.6 Å². The third-order valence-corrected chi connectivity index (χ3v) is 5.44. The molecule has 0 amide bonds. The van der Waals surface area contributed by atoms with Crippen molar-refractivity contribution in [1.29, 1.82) is 0 Å². The van der Waals surface area contributed by atoms with E-state index in [0.29, 0.717) is 6.54 Å². The number of aromatic nitrogens is 1. The smallest absolute Gasteiger partial charge is 0.307 e. The molecule has 1 aromatic heterocycles. The number of rotatable bonds is 4. The second-order valence-corrected chi connectivity index (χ2v) is 7.58. The fraction of sp³-hybridized carbons (Fsp3) is 0.375. The number of hydrogen-bond donors (Lipinski definition) is 1. The van der Waals surface area contributed by atoms with Crippen LogP contribution in [0.2, 0.25) is 0 Å². The second-order valence-electron chi connectivity index (χ2n) is 5.55. The van der Waals surface area contributed by atoms with Crippen LogP contribution in [0.1, 0.15) is 17.7 Å². The minimum Gasteiger partial charge on any atom is -0.481 e. The Morgan fingerprint density at radius 3 is 2.91 bits per heavy atom. The van der Waals surface area contributed by atoms with Gasteiger partial charge in [0, 0.05) is 34.2 Å². The van der Waals surface area contributed by atoms with E-state index in [2.05, 4.69) is 25.8 Å². The Morgan fingerprint density at radius 2 is 2.18 bits per heavy atom. The highest BCUT2D eigenvalue weighted by Crippen LogP contribution is 2.28. The molecule has 1 aliphatic rings. The summed E-state index contributed by atoms with van der Waals surface area (Å²) in [5.41, 5.74) is 1.11. The van der Waals surface area contributed by atoms with Crippen LogP contribution in [0.3, 0.4) is 0 Å². The van der Waals surface area contributed by atoms with E-state index in [1.165, 1.54) is 4.88 Å². The van der Waals surface area contributed by atoms with E-state index in [9.17, 15) is 4.79 Å². The Bertz CT molecular complexity index is 656. The molecule has 0 spiro atoms. The van der Waals surface area contributed by atoms with E-state index in [4.69, 9.17) is 5.11 Å². The van der Waals surface area contributed by atoms with Gasteiger partial charge in [0.2, 0.25) is 0 Å². The lowest BCUT2D eigenvalue weighted by Gasteiger charge is -2.29. The molecule has 1 N–H and O–H groups in total. The molecular weight excluding hydrogens is 364 g/mol. The summed E-state index contributed by atoms with van der Waals surface area (Å²) in [7, 11) is 0. The molecule has 1 aromatic carbocycles. The van der Waals surface area contributed by atoms with Crippen molar-refractivity contribution >= 4 is 33.2 Å². The Balaban J connectivity index is 1.66. The second kappa shape index (κ2) is 6.89. The predicted molar refractivity (Wildman–Crippen MR) is 90.9 cm³/mol. The van der Waals surface area contributed by atoms with Gasteiger partial charge in [-0.3, -0.25) is 9.69 Å². The highest BCUT2D eigenvalue weighted by Gasteiger charge is 2.25. The van der Waals surface area contributed by atoms with E-state index in [1.54, 1.807) is 11.3 Å². The molecule has 0 radical (unpaired) electrons. The average Bonchev–Trinajstić information content (AvgIpc) is 2.96. The minimum absolute atomic E-state index is 0.229. The van der Waals surface area contributed by atoms with E-state index >= 15 is 0 Å². The van der Waals surface area contributed by atoms with Gasteiger partial charge in [-0.1, -0.05) is 28.1 Å². The van der Waals surface area contributed by atoms with Crippen LogP contribution in [0.15, 0.2) is 34.9 Å². The van der Waals surface area contributed by atoms with Crippen molar-refractivity contribution < 1.29 is 9.90 Å². The van der Waals surface area contributed by atoms with Crippen molar-refractivity contribution in [2.24, 2.45) is 5.92 Å². The molecule has 0 bridgehead atoms. The molecule has 1 unspecified atom stereocenters. The number of halogens is 1. The van der Waals surface area contributed by atoms with Gasteiger partial charge in [-0.05, 0) is 31.5 Å². The number of carbonyl (C=O) groups is 1. The summed E-state index contributed by atoms with van der Waals surface area (Å²) >= 11 is 5.11. The van der Waals surface area contributed by atoms with Crippen molar-refractivity contribution in [3.8, 4) is 10.6 Å². The highest BCUT2D eigenvalue weighted by molar-refractivity contribution is 9.10. The zero-order valence-corrected chi connectivity index (χ0v) is 14.4. The van der Waals surface area contributed by atoms with Crippen molar-refractivity contribution in [3.63, 3.8) is 0 Å². The fourth-order valence-electron chi connectivity index (χ4n) is 2.73. The molecule has 1 aliphatic heterocycles. The number of piperidine rings is 1. The van der Waals surface area contributed by atoms with Crippen molar-refractivity contribution in [1.82, 2.24) is 9.88 Å². The number of nitrogens with zero attached hydrogens (tertiary/aromatic N) is 2. The zero-order valence-electron chi connectivity index (χ0n) is 12.0. The largest absolute Gasteiger partial charge is 0.481 e. The SMILES string of the molecule is O=C(O)C1CCCN(Cc2cnc(-c3ccc(Br)cc3)s2)C1. The van der Waals surface area contributed by atoms with Crippen molar-refractivity contribution in [3.05, 3.63) is 39.8 Å². The molecule has 4 nitrogen and oxygen atoms in total. The number of carboxylic acids is 1. The maximum absolute atomic E-state index is 11.1. The monoisotopic (exact) mass is 380 g/mol. The Hall–Kier alpha value is -1.24. The number of hydrogen-bond acceptors (Lipinski definition) is 4. The van der Waals surface area contributed by atoms with Gasteiger partial charge < -0.3 is 5.11 Å². The molecule has 1 saturated heterocycles. The van der Waals surface area contributed by atoms with Crippen molar-refractivity contribution in [2.45, 2.75) is 19.4 Å². The summed E-state index contributed by atoms with van der Waals surface area (Å²) < 4.78 is 1.06. The predicted octanol–water partition coefficient (Wildman–Crippen LogP) is 3.87.